The molecular formula is C10H13N3O2S. The van der Waals surface area contributed by atoms with Crippen LogP contribution in [0.5, 0.6) is 0 Å². The molecule has 6 heteroatoms. The van der Waals surface area contributed by atoms with Crippen molar-refractivity contribution in [1.29, 1.82) is 0 Å². The fraction of sp³-hybridized carbons (Fsp3) is 0.300. The third kappa shape index (κ3) is 2.95. The van der Waals surface area contributed by atoms with E-state index in [1.807, 2.05) is 0 Å². The normalized spacial score (nSPS) is 13.0. The van der Waals surface area contributed by atoms with Gasteiger partial charge in [-0.15, -0.1) is 12.3 Å². The second-order valence-electron chi connectivity index (χ2n) is 3.32. The second kappa shape index (κ2) is 4.96. The molecule has 1 aromatic heterocycles. The number of anilines is 1. The van der Waals surface area contributed by atoms with Crippen LogP contribution in [0.1, 0.15) is 13.3 Å². The van der Waals surface area contributed by atoms with E-state index in [1.54, 1.807) is 6.92 Å². The first-order valence-corrected chi connectivity index (χ1v) is 6.12. The van der Waals surface area contributed by atoms with E-state index in [-0.39, 0.29) is 16.8 Å². The Kier molecular flexibility index (Phi) is 3.88. The molecule has 0 aliphatic heterocycles. The molecular weight excluding hydrogens is 226 g/mol. The number of nitrogens with zero attached hydrogens (tertiary/aromatic N) is 1. The van der Waals surface area contributed by atoms with E-state index < -0.39 is 10.0 Å². The lowest BCUT2D eigenvalue weighted by Crippen LogP contribution is -2.32. The van der Waals surface area contributed by atoms with Crippen molar-refractivity contribution in [3.63, 3.8) is 0 Å². The van der Waals surface area contributed by atoms with Gasteiger partial charge in [0.25, 0.3) is 0 Å². The maximum absolute atomic E-state index is 11.8. The number of hydrogen-bond donors (Lipinski definition) is 2. The van der Waals surface area contributed by atoms with Crippen LogP contribution in [0.3, 0.4) is 0 Å². The van der Waals surface area contributed by atoms with Crippen LogP contribution in [-0.2, 0) is 10.0 Å². The second-order valence-corrected chi connectivity index (χ2v) is 5.00. The lowest BCUT2D eigenvalue weighted by atomic mass is 10.3. The van der Waals surface area contributed by atoms with Crippen molar-refractivity contribution in [3.8, 4) is 12.3 Å². The summed E-state index contributed by atoms with van der Waals surface area (Å²) in [7, 11) is -3.65. The van der Waals surface area contributed by atoms with Crippen molar-refractivity contribution in [2.75, 3.05) is 5.73 Å². The van der Waals surface area contributed by atoms with Gasteiger partial charge in [0.2, 0.25) is 10.0 Å². The lowest BCUT2D eigenvalue weighted by molar-refractivity contribution is 0.564. The van der Waals surface area contributed by atoms with Crippen molar-refractivity contribution in [1.82, 2.24) is 9.71 Å². The first kappa shape index (κ1) is 12.5. The smallest absolute Gasteiger partial charge is 0.244 e. The van der Waals surface area contributed by atoms with Gasteiger partial charge in [0.05, 0.1) is 0 Å². The van der Waals surface area contributed by atoms with Gasteiger partial charge in [0.1, 0.15) is 10.7 Å². The maximum Gasteiger partial charge on any atom is 0.244 e. The molecule has 5 nitrogen and oxygen atoms in total. The first-order valence-electron chi connectivity index (χ1n) is 4.63. The van der Waals surface area contributed by atoms with E-state index in [1.165, 1.54) is 18.3 Å². The van der Waals surface area contributed by atoms with Gasteiger partial charge in [0.15, 0.2) is 0 Å². The van der Waals surface area contributed by atoms with Crippen LogP contribution in [0, 0.1) is 12.3 Å². The highest BCUT2D eigenvalue weighted by atomic mass is 32.2. The van der Waals surface area contributed by atoms with Crippen LogP contribution in [0.25, 0.3) is 0 Å². The van der Waals surface area contributed by atoms with E-state index in [0.29, 0.717) is 6.42 Å². The zero-order valence-electron chi connectivity index (χ0n) is 8.84. The Balaban J connectivity index is 2.96. The van der Waals surface area contributed by atoms with E-state index in [9.17, 15) is 8.42 Å². The van der Waals surface area contributed by atoms with Gasteiger partial charge >= 0.3 is 0 Å². The van der Waals surface area contributed by atoms with Gasteiger partial charge in [-0.1, -0.05) is 0 Å². The van der Waals surface area contributed by atoms with Crippen molar-refractivity contribution in [2.24, 2.45) is 0 Å². The van der Waals surface area contributed by atoms with Gasteiger partial charge < -0.3 is 5.73 Å². The summed E-state index contributed by atoms with van der Waals surface area (Å²) in [6, 6.07) is 2.57. The molecule has 1 atom stereocenters. The monoisotopic (exact) mass is 239 g/mol. The Morgan fingerprint density at radius 1 is 1.69 bits per heavy atom. The van der Waals surface area contributed by atoms with E-state index in [0.717, 1.165) is 0 Å². The van der Waals surface area contributed by atoms with E-state index >= 15 is 0 Å². The number of nitrogens with one attached hydrogen (secondary N) is 1. The number of nitrogen functional groups attached to an aromatic ring is 1. The molecule has 0 saturated carbocycles. The fourth-order valence-electron chi connectivity index (χ4n) is 1.18. The summed E-state index contributed by atoms with van der Waals surface area (Å²) in [6.07, 6.45) is 6.84. The molecule has 1 aromatic rings. The average Bonchev–Trinajstić information content (AvgIpc) is 2.17. The van der Waals surface area contributed by atoms with Crippen molar-refractivity contribution >= 4 is 15.8 Å². The number of nitrogens with two attached hydrogens (primary N) is 1. The molecule has 0 saturated heterocycles. The molecule has 0 aliphatic carbocycles. The molecule has 16 heavy (non-hydrogen) atoms. The summed E-state index contributed by atoms with van der Waals surface area (Å²) < 4.78 is 26.1. The standard InChI is InChI=1S/C10H13N3O2S/c1-3-5-8(2)13-16(14,15)9-6-4-7-12-10(9)11/h1,4,6-8,13H,5H2,2H3,(H2,11,12). The van der Waals surface area contributed by atoms with Crippen LogP contribution >= 0.6 is 0 Å². The van der Waals surface area contributed by atoms with Crippen LogP contribution in [-0.4, -0.2) is 19.4 Å². The quantitative estimate of drug-likeness (QED) is 0.743. The molecule has 3 N–H and O–H groups in total. The number of hydrogen-bond acceptors (Lipinski definition) is 4. The number of terminal acetylenes is 1. The first-order chi connectivity index (χ1) is 7.47. The summed E-state index contributed by atoms with van der Waals surface area (Å²) >= 11 is 0. The summed E-state index contributed by atoms with van der Waals surface area (Å²) in [5.74, 6) is 2.36. The van der Waals surface area contributed by atoms with Crippen LogP contribution in [0.2, 0.25) is 0 Å². The molecule has 86 valence electrons. The van der Waals surface area contributed by atoms with E-state index in [2.05, 4.69) is 15.6 Å². The average molecular weight is 239 g/mol. The van der Waals surface area contributed by atoms with E-state index in [4.69, 9.17) is 12.2 Å². The summed E-state index contributed by atoms with van der Waals surface area (Å²) in [5, 5.41) is 0. The number of aromatic nitrogens is 1. The predicted molar refractivity (Wildman–Crippen MR) is 61.9 cm³/mol. The van der Waals surface area contributed by atoms with Crippen LogP contribution in [0.15, 0.2) is 23.2 Å². The predicted octanol–water partition coefficient (Wildman–Crippen LogP) is 0.354. The number of pyridine rings is 1. The van der Waals surface area contributed by atoms with Gasteiger partial charge in [0, 0.05) is 18.7 Å². The SMILES string of the molecule is C#CCC(C)NS(=O)(=O)c1cccnc1N. The molecule has 0 aromatic carbocycles. The minimum absolute atomic E-state index is 0.0251. The maximum atomic E-state index is 11.8. The summed E-state index contributed by atoms with van der Waals surface area (Å²) in [4.78, 5) is 3.69. The molecule has 0 fully saturated rings. The van der Waals surface area contributed by atoms with Gasteiger partial charge in [-0.2, -0.15) is 0 Å². The molecule has 1 rings (SSSR count). The zero-order chi connectivity index (χ0) is 12.2. The Morgan fingerprint density at radius 3 is 2.94 bits per heavy atom. The van der Waals surface area contributed by atoms with Crippen molar-refractivity contribution < 1.29 is 8.42 Å². The third-order valence-electron chi connectivity index (χ3n) is 1.87. The highest BCUT2D eigenvalue weighted by Crippen LogP contribution is 2.14. The Hall–Kier alpha value is -1.58. The summed E-state index contributed by atoms with van der Waals surface area (Å²) in [5.41, 5.74) is 5.49. The van der Waals surface area contributed by atoms with Gasteiger partial charge in [-0.3, -0.25) is 0 Å². The minimum Gasteiger partial charge on any atom is -0.383 e. The number of rotatable bonds is 4. The molecule has 1 heterocycles. The van der Waals surface area contributed by atoms with Gasteiger partial charge in [-0.05, 0) is 19.1 Å². The fourth-order valence-corrected chi connectivity index (χ4v) is 2.50. The molecule has 0 radical (unpaired) electrons. The van der Waals surface area contributed by atoms with Crippen molar-refractivity contribution in [2.45, 2.75) is 24.3 Å². The molecule has 0 amide bonds. The minimum atomic E-state index is -3.65. The highest BCUT2D eigenvalue weighted by Gasteiger charge is 2.19. The highest BCUT2D eigenvalue weighted by molar-refractivity contribution is 7.89. The number of sulfonamides is 1. The van der Waals surface area contributed by atoms with Crippen LogP contribution < -0.4 is 10.5 Å². The third-order valence-corrected chi connectivity index (χ3v) is 3.51. The Morgan fingerprint density at radius 2 is 2.38 bits per heavy atom. The Labute approximate surface area is 95.1 Å². The van der Waals surface area contributed by atoms with Crippen LogP contribution in [0.4, 0.5) is 5.82 Å². The van der Waals surface area contributed by atoms with Gasteiger partial charge in [-0.25, -0.2) is 18.1 Å². The topological polar surface area (TPSA) is 85.1 Å². The molecule has 1 unspecified atom stereocenters. The summed E-state index contributed by atoms with van der Waals surface area (Å²) in [6.45, 7) is 1.68. The zero-order valence-corrected chi connectivity index (χ0v) is 9.66. The lowest BCUT2D eigenvalue weighted by Gasteiger charge is -2.12. The largest absolute Gasteiger partial charge is 0.383 e. The molecule has 0 spiro atoms. The Bertz CT molecular complexity index is 505. The molecule has 0 aliphatic rings. The molecule has 0 bridgehead atoms. The van der Waals surface area contributed by atoms with Crippen molar-refractivity contribution in [3.05, 3.63) is 18.3 Å².